The second-order valence-electron chi connectivity index (χ2n) is 5.81. The lowest BCUT2D eigenvalue weighted by molar-refractivity contribution is 0.112. The summed E-state index contributed by atoms with van der Waals surface area (Å²) in [5, 5.41) is 12.6. The van der Waals surface area contributed by atoms with E-state index in [2.05, 4.69) is 0 Å². The number of fused-ring (bicyclic) bond motifs is 5. The minimum Gasteiger partial charge on any atom is -0.507 e. The van der Waals surface area contributed by atoms with Crippen LogP contribution in [0.15, 0.2) is 45.6 Å². The van der Waals surface area contributed by atoms with E-state index in [1.54, 1.807) is 24.3 Å². The quantitative estimate of drug-likeness (QED) is 0.345. The fraction of sp³-hybridized carbons (Fsp3) is 0.100. The smallest absolute Gasteiger partial charge is 0.344 e. The Kier molecular flexibility index (Phi) is 3.54. The Balaban J connectivity index is 2.35. The van der Waals surface area contributed by atoms with Crippen LogP contribution in [0.1, 0.15) is 10.4 Å². The number of aromatic hydroxyl groups is 1. The van der Waals surface area contributed by atoms with Gasteiger partial charge in [0.2, 0.25) is 0 Å². The molecule has 0 radical (unpaired) electrons. The third-order valence-corrected chi connectivity index (χ3v) is 4.44. The maximum Gasteiger partial charge on any atom is 0.344 e. The van der Waals surface area contributed by atoms with Gasteiger partial charge in [0.15, 0.2) is 0 Å². The molecule has 0 aliphatic carbocycles. The number of benzene rings is 3. The highest BCUT2D eigenvalue weighted by Crippen LogP contribution is 2.42. The van der Waals surface area contributed by atoms with Gasteiger partial charge in [-0.25, -0.2) is 4.79 Å². The second kappa shape index (κ2) is 5.77. The number of carbonyl (C=O) groups excluding carboxylic acids is 1. The third-order valence-electron chi connectivity index (χ3n) is 4.44. The summed E-state index contributed by atoms with van der Waals surface area (Å²) in [4.78, 5) is 23.8. The van der Waals surface area contributed by atoms with Gasteiger partial charge in [0.1, 0.15) is 29.1 Å². The summed E-state index contributed by atoms with van der Waals surface area (Å²) in [6.45, 7) is 0. The first kappa shape index (κ1) is 16.0. The van der Waals surface area contributed by atoms with Crippen LogP contribution in [0.25, 0.3) is 32.5 Å². The van der Waals surface area contributed by atoms with Crippen LogP contribution in [-0.4, -0.2) is 25.6 Å². The molecule has 0 saturated carbocycles. The number of phenolic OH excluding ortho intramolecular Hbond substituents is 1. The maximum absolute atomic E-state index is 12.6. The Bertz CT molecular complexity index is 1250. The molecule has 1 aromatic heterocycles. The van der Waals surface area contributed by atoms with Crippen molar-refractivity contribution in [2.24, 2.45) is 0 Å². The van der Waals surface area contributed by atoms with Gasteiger partial charge in [0.05, 0.1) is 25.0 Å². The molecule has 0 atom stereocenters. The predicted molar refractivity (Wildman–Crippen MR) is 97.7 cm³/mol. The molecule has 0 fully saturated rings. The summed E-state index contributed by atoms with van der Waals surface area (Å²) in [5.41, 5.74) is 0.0297. The molecule has 0 unspecified atom stereocenters. The van der Waals surface area contributed by atoms with Crippen molar-refractivity contribution in [3.8, 4) is 17.2 Å². The molecule has 4 aromatic rings. The molecular formula is C20H14O6. The molecule has 3 aromatic carbocycles. The van der Waals surface area contributed by atoms with Gasteiger partial charge in [0, 0.05) is 21.7 Å². The molecule has 0 aliphatic heterocycles. The van der Waals surface area contributed by atoms with Crippen LogP contribution < -0.4 is 15.1 Å². The fourth-order valence-corrected chi connectivity index (χ4v) is 3.31. The van der Waals surface area contributed by atoms with Crippen LogP contribution in [0.2, 0.25) is 0 Å². The first-order valence-corrected chi connectivity index (χ1v) is 7.81. The first-order valence-electron chi connectivity index (χ1n) is 7.81. The van der Waals surface area contributed by atoms with Crippen molar-refractivity contribution >= 4 is 38.8 Å². The summed E-state index contributed by atoms with van der Waals surface area (Å²) in [5.74, 6) is 0.832. The highest BCUT2D eigenvalue weighted by atomic mass is 16.5. The monoisotopic (exact) mass is 350 g/mol. The molecule has 0 saturated heterocycles. The van der Waals surface area contributed by atoms with Gasteiger partial charge in [-0.1, -0.05) is 12.1 Å². The van der Waals surface area contributed by atoms with Crippen LogP contribution in [-0.2, 0) is 0 Å². The number of hydrogen-bond donors (Lipinski definition) is 1. The number of carbonyl (C=O) groups is 1. The van der Waals surface area contributed by atoms with Gasteiger partial charge >= 0.3 is 5.63 Å². The van der Waals surface area contributed by atoms with Crippen molar-refractivity contribution in [3.05, 3.63) is 52.4 Å². The minimum atomic E-state index is -0.593. The van der Waals surface area contributed by atoms with Crippen LogP contribution in [0, 0.1) is 0 Å². The topological polar surface area (TPSA) is 86.0 Å². The van der Waals surface area contributed by atoms with Crippen molar-refractivity contribution in [3.63, 3.8) is 0 Å². The van der Waals surface area contributed by atoms with Crippen LogP contribution >= 0.6 is 0 Å². The van der Waals surface area contributed by atoms with Crippen molar-refractivity contribution < 1.29 is 23.8 Å². The molecule has 26 heavy (non-hydrogen) atoms. The van der Waals surface area contributed by atoms with Crippen molar-refractivity contribution in [2.75, 3.05) is 14.2 Å². The van der Waals surface area contributed by atoms with E-state index in [9.17, 15) is 14.7 Å². The number of methoxy groups -OCH3 is 2. The average molecular weight is 350 g/mol. The van der Waals surface area contributed by atoms with Crippen LogP contribution in [0.5, 0.6) is 17.2 Å². The lowest BCUT2D eigenvalue weighted by atomic mass is 9.99. The summed E-state index contributed by atoms with van der Waals surface area (Å²) in [7, 11) is 2.96. The van der Waals surface area contributed by atoms with E-state index in [1.165, 1.54) is 26.4 Å². The molecule has 0 aliphatic rings. The molecule has 0 amide bonds. The van der Waals surface area contributed by atoms with Gasteiger partial charge in [0.25, 0.3) is 0 Å². The molecule has 0 spiro atoms. The molecule has 130 valence electrons. The number of rotatable bonds is 3. The zero-order chi connectivity index (χ0) is 18.4. The molecule has 1 N–H and O–H groups in total. The van der Waals surface area contributed by atoms with Crippen LogP contribution in [0.3, 0.4) is 0 Å². The Morgan fingerprint density at radius 2 is 1.69 bits per heavy atom. The number of hydrogen-bond acceptors (Lipinski definition) is 6. The Morgan fingerprint density at radius 3 is 2.38 bits per heavy atom. The summed E-state index contributed by atoms with van der Waals surface area (Å²) >= 11 is 0. The van der Waals surface area contributed by atoms with E-state index >= 15 is 0 Å². The first-order chi connectivity index (χ1) is 12.6. The molecule has 6 nitrogen and oxygen atoms in total. The van der Waals surface area contributed by atoms with Gasteiger partial charge in [-0.2, -0.15) is 0 Å². The summed E-state index contributed by atoms with van der Waals surface area (Å²) < 4.78 is 16.4. The standard InChI is InChI=1S/C20H14O6/c1-24-15-7-10(9-21)6-13-17(15)12-8-16(25-2)18-11(4-3-5-14(18)22)19(12)26-20(13)23/h3-9,22H,1-2H3. The van der Waals surface area contributed by atoms with Crippen molar-refractivity contribution in [1.82, 2.24) is 0 Å². The van der Waals surface area contributed by atoms with Gasteiger partial charge < -0.3 is 19.0 Å². The average Bonchev–Trinajstić information content (AvgIpc) is 2.67. The molecular weight excluding hydrogens is 336 g/mol. The van der Waals surface area contributed by atoms with E-state index in [1.807, 2.05) is 0 Å². The van der Waals surface area contributed by atoms with E-state index in [4.69, 9.17) is 13.9 Å². The second-order valence-corrected chi connectivity index (χ2v) is 5.81. The maximum atomic E-state index is 12.6. The molecule has 6 heteroatoms. The highest BCUT2D eigenvalue weighted by molar-refractivity contribution is 6.18. The normalized spacial score (nSPS) is 11.2. The third kappa shape index (κ3) is 2.12. The van der Waals surface area contributed by atoms with Gasteiger partial charge in [-0.05, 0) is 24.3 Å². The number of aldehydes is 1. The van der Waals surface area contributed by atoms with Gasteiger partial charge in [-0.3, -0.25) is 4.79 Å². The Hall–Kier alpha value is -3.54. The Labute approximate surface area is 147 Å². The SMILES string of the molecule is COc1cc2c(oc(=O)c3cc(C=O)cc(OC)c32)c2cccc(O)c12. The summed E-state index contributed by atoms with van der Waals surface area (Å²) in [6, 6.07) is 9.65. The van der Waals surface area contributed by atoms with Crippen LogP contribution in [0.4, 0.5) is 0 Å². The molecule has 1 heterocycles. The zero-order valence-corrected chi connectivity index (χ0v) is 14.0. The molecule has 4 rings (SSSR count). The summed E-state index contributed by atoms with van der Waals surface area (Å²) in [6.07, 6.45) is 0.643. The van der Waals surface area contributed by atoms with E-state index in [-0.39, 0.29) is 11.1 Å². The van der Waals surface area contributed by atoms with E-state index < -0.39 is 5.63 Å². The van der Waals surface area contributed by atoms with Crippen molar-refractivity contribution in [1.29, 1.82) is 0 Å². The fourth-order valence-electron chi connectivity index (χ4n) is 3.31. The van der Waals surface area contributed by atoms with E-state index in [0.717, 1.165) is 0 Å². The number of phenols is 1. The minimum absolute atomic E-state index is 0.0206. The lowest BCUT2D eigenvalue weighted by Gasteiger charge is -2.13. The highest BCUT2D eigenvalue weighted by Gasteiger charge is 2.19. The zero-order valence-electron chi connectivity index (χ0n) is 14.0. The molecule has 0 bridgehead atoms. The number of ether oxygens (including phenoxy) is 2. The Morgan fingerprint density at radius 1 is 0.962 bits per heavy atom. The lowest BCUT2D eigenvalue weighted by Crippen LogP contribution is -2.03. The largest absolute Gasteiger partial charge is 0.507 e. The predicted octanol–water partition coefficient (Wildman–Crippen LogP) is 3.63. The van der Waals surface area contributed by atoms with Crippen molar-refractivity contribution in [2.45, 2.75) is 0 Å². The van der Waals surface area contributed by atoms with E-state index in [0.29, 0.717) is 50.5 Å². The van der Waals surface area contributed by atoms with Gasteiger partial charge in [-0.15, -0.1) is 0 Å².